The third kappa shape index (κ3) is 3.12. The van der Waals surface area contributed by atoms with E-state index in [0.717, 1.165) is 11.1 Å². The molecule has 4 heterocycles. The molecule has 0 bridgehead atoms. The summed E-state index contributed by atoms with van der Waals surface area (Å²) >= 11 is 0. The quantitative estimate of drug-likeness (QED) is 0.394. The second-order valence-electron chi connectivity index (χ2n) is 7.20. The number of rotatable bonds is 4. The maximum atomic E-state index is 12.5. The molecule has 5 rings (SSSR count). The molecule has 0 fully saturated rings. The van der Waals surface area contributed by atoms with Crippen molar-refractivity contribution in [2.45, 2.75) is 19.5 Å². The van der Waals surface area contributed by atoms with Gasteiger partial charge in [-0.3, -0.25) is 19.8 Å². The molecule has 10 heteroatoms. The van der Waals surface area contributed by atoms with Crippen molar-refractivity contribution in [3.05, 3.63) is 80.4 Å². The van der Waals surface area contributed by atoms with Gasteiger partial charge in [-0.1, -0.05) is 6.07 Å². The molecule has 1 aromatic carbocycles. The lowest BCUT2D eigenvalue weighted by molar-refractivity contribution is -0.383. The van der Waals surface area contributed by atoms with Crippen LogP contribution in [0, 0.1) is 10.1 Å². The van der Waals surface area contributed by atoms with E-state index >= 15 is 0 Å². The first kappa shape index (κ1) is 18.1. The molecule has 4 aromatic rings. The van der Waals surface area contributed by atoms with E-state index in [1.165, 1.54) is 12.4 Å². The van der Waals surface area contributed by atoms with Gasteiger partial charge in [0, 0.05) is 49.9 Å². The second kappa shape index (κ2) is 7.16. The number of hydrogen-bond acceptors (Lipinski definition) is 7. The minimum atomic E-state index is -0.361. The molecular formula is C20H17N7O3. The summed E-state index contributed by atoms with van der Waals surface area (Å²) in [6.45, 7) is 1.66. The monoisotopic (exact) mass is 403 g/mol. The number of aromatic amines is 2. The lowest BCUT2D eigenvalue weighted by Crippen LogP contribution is -2.35. The maximum absolute atomic E-state index is 12.5. The van der Waals surface area contributed by atoms with Crippen LogP contribution >= 0.6 is 0 Å². The van der Waals surface area contributed by atoms with Crippen molar-refractivity contribution >= 4 is 16.6 Å². The fourth-order valence-electron chi connectivity index (χ4n) is 3.94. The zero-order valence-electron chi connectivity index (χ0n) is 15.8. The van der Waals surface area contributed by atoms with Crippen molar-refractivity contribution in [2.24, 2.45) is 0 Å². The van der Waals surface area contributed by atoms with Crippen LogP contribution in [0.3, 0.4) is 0 Å². The molecule has 0 saturated heterocycles. The Kier molecular flexibility index (Phi) is 4.32. The average Bonchev–Trinajstić information content (AvgIpc) is 3.17. The highest BCUT2D eigenvalue weighted by atomic mass is 16.6. The molecule has 150 valence electrons. The molecule has 10 nitrogen and oxygen atoms in total. The number of fused-ring (bicyclic) bond motifs is 2. The highest BCUT2D eigenvalue weighted by molar-refractivity contribution is 5.91. The SMILES string of the molecule is O=c1[nH]c(-c2cncnc2)nc2c1CCN(Cc1c[nH]c3cccc([N+](=O)[O-])c13)C2. The lowest BCUT2D eigenvalue weighted by Gasteiger charge is -2.27. The van der Waals surface area contributed by atoms with Crippen molar-refractivity contribution in [3.8, 4) is 11.4 Å². The van der Waals surface area contributed by atoms with Crippen molar-refractivity contribution in [3.63, 3.8) is 0 Å². The molecule has 3 aromatic heterocycles. The van der Waals surface area contributed by atoms with Crippen LogP contribution in [-0.2, 0) is 19.5 Å². The van der Waals surface area contributed by atoms with Gasteiger partial charge in [0.2, 0.25) is 0 Å². The normalized spacial score (nSPS) is 14.0. The Morgan fingerprint density at radius 1 is 1.23 bits per heavy atom. The Morgan fingerprint density at radius 3 is 2.87 bits per heavy atom. The Hall–Kier alpha value is -3.92. The Morgan fingerprint density at radius 2 is 2.07 bits per heavy atom. The highest BCUT2D eigenvalue weighted by Crippen LogP contribution is 2.30. The first-order chi connectivity index (χ1) is 14.6. The number of non-ortho nitro benzene ring substituents is 1. The van der Waals surface area contributed by atoms with Crippen LogP contribution < -0.4 is 5.56 Å². The molecule has 0 spiro atoms. The van der Waals surface area contributed by atoms with Gasteiger partial charge in [0.05, 0.1) is 27.1 Å². The van der Waals surface area contributed by atoms with Crippen LogP contribution in [-0.4, -0.2) is 41.3 Å². The van der Waals surface area contributed by atoms with E-state index in [1.54, 1.807) is 18.5 Å². The first-order valence-corrected chi connectivity index (χ1v) is 9.43. The van der Waals surface area contributed by atoms with E-state index in [4.69, 9.17) is 0 Å². The van der Waals surface area contributed by atoms with Gasteiger partial charge in [-0.15, -0.1) is 0 Å². The van der Waals surface area contributed by atoms with Crippen molar-refractivity contribution in [2.75, 3.05) is 6.54 Å². The standard InChI is InChI=1S/C20H17N7O3/c28-20-14-4-5-26(10-16(14)24-19(25-20)12-6-21-11-22-7-12)9-13-8-23-15-2-1-3-17(18(13)15)27(29)30/h1-3,6-8,11,23H,4-5,9-10H2,(H,24,25,28). The Labute approximate surface area is 169 Å². The molecule has 0 atom stereocenters. The Balaban J connectivity index is 1.47. The molecule has 0 aliphatic carbocycles. The van der Waals surface area contributed by atoms with E-state index < -0.39 is 0 Å². The summed E-state index contributed by atoms with van der Waals surface area (Å²) in [4.78, 5) is 44.3. The number of benzene rings is 1. The van der Waals surface area contributed by atoms with Crippen molar-refractivity contribution in [1.29, 1.82) is 0 Å². The van der Waals surface area contributed by atoms with Crippen molar-refractivity contribution in [1.82, 2.24) is 29.8 Å². The number of nitro benzene ring substituents is 1. The molecule has 0 unspecified atom stereocenters. The van der Waals surface area contributed by atoms with E-state index in [2.05, 4.69) is 29.8 Å². The zero-order chi connectivity index (χ0) is 20.7. The third-order valence-corrected chi connectivity index (χ3v) is 5.34. The predicted molar refractivity (Wildman–Crippen MR) is 109 cm³/mol. The summed E-state index contributed by atoms with van der Waals surface area (Å²) in [5.41, 5.74) is 3.54. The van der Waals surface area contributed by atoms with Gasteiger partial charge in [0.15, 0.2) is 0 Å². The molecule has 2 N–H and O–H groups in total. The van der Waals surface area contributed by atoms with Gasteiger partial charge in [0.1, 0.15) is 12.2 Å². The smallest absolute Gasteiger partial charge is 0.279 e. The van der Waals surface area contributed by atoms with Gasteiger partial charge in [-0.05, 0) is 18.1 Å². The van der Waals surface area contributed by atoms with Gasteiger partial charge in [-0.2, -0.15) is 0 Å². The Bertz CT molecular complexity index is 1310. The average molecular weight is 403 g/mol. The first-order valence-electron chi connectivity index (χ1n) is 9.43. The molecule has 1 aliphatic heterocycles. The topological polar surface area (TPSA) is 134 Å². The largest absolute Gasteiger partial charge is 0.361 e. The summed E-state index contributed by atoms with van der Waals surface area (Å²) in [6.07, 6.45) is 6.99. The van der Waals surface area contributed by atoms with Crippen LogP contribution in [0.1, 0.15) is 16.8 Å². The fraction of sp³-hybridized carbons (Fsp3) is 0.200. The van der Waals surface area contributed by atoms with Crippen LogP contribution in [0.5, 0.6) is 0 Å². The lowest BCUT2D eigenvalue weighted by atomic mass is 10.0. The van der Waals surface area contributed by atoms with Crippen LogP contribution in [0.4, 0.5) is 5.69 Å². The summed E-state index contributed by atoms with van der Waals surface area (Å²) < 4.78 is 0. The zero-order valence-corrected chi connectivity index (χ0v) is 15.8. The number of aromatic nitrogens is 5. The van der Waals surface area contributed by atoms with E-state index in [1.807, 2.05) is 12.3 Å². The highest BCUT2D eigenvalue weighted by Gasteiger charge is 2.24. The van der Waals surface area contributed by atoms with E-state index in [0.29, 0.717) is 54.1 Å². The number of H-pyrrole nitrogens is 2. The molecule has 30 heavy (non-hydrogen) atoms. The number of nitro groups is 1. The fourth-order valence-corrected chi connectivity index (χ4v) is 3.94. The minimum absolute atomic E-state index is 0.0853. The van der Waals surface area contributed by atoms with Gasteiger partial charge >= 0.3 is 0 Å². The van der Waals surface area contributed by atoms with E-state index in [-0.39, 0.29) is 16.2 Å². The summed E-state index contributed by atoms with van der Waals surface area (Å²) in [5, 5.41) is 12.1. The molecular weight excluding hydrogens is 386 g/mol. The number of hydrogen-bond donors (Lipinski definition) is 2. The molecule has 1 aliphatic rings. The summed E-state index contributed by atoms with van der Waals surface area (Å²) in [6, 6.07) is 5.01. The minimum Gasteiger partial charge on any atom is -0.361 e. The molecule has 0 radical (unpaired) electrons. The molecule has 0 saturated carbocycles. The summed E-state index contributed by atoms with van der Waals surface area (Å²) in [5.74, 6) is 0.434. The van der Waals surface area contributed by atoms with Gasteiger partial charge in [0.25, 0.3) is 11.2 Å². The number of nitrogens with zero attached hydrogens (tertiary/aromatic N) is 5. The van der Waals surface area contributed by atoms with Gasteiger partial charge < -0.3 is 9.97 Å². The van der Waals surface area contributed by atoms with Crippen molar-refractivity contribution < 1.29 is 4.92 Å². The third-order valence-electron chi connectivity index (χ3n) is 5.34. The maximum Gasteiger partial charge on any atom is 0.279 e. The van der Waals surface area contributed by atoms with Gasteiger partial charge in [-0.25, -0.2) is 15.0 Å². The molecule has 0 amide bonds. The van der Waals surface area contributed by atoms with Crippen LogP contribution in [0.15, 0.2) is 47.9 Å². The predicted octanol–water partition coefficient (Wildman–Crippen LogP) is 2.17. The van der Waals surface area contributed by atoms with E-state index in [9.17, 15) is 14.9 Å². The number of nitrogens with one attached hydrogen (secondary N) is 2. The van der Waals surface area contributed by atoms with Crippen LogP contribution in [0.25, 0.3) is 22.3 Å². The summed E-state index contributed by atoms with van der Waals surface area (Å²) in [7, 11) is 0. The van der Waals surface area contributed by atoms with Crippen LogP contribution in [0.2, 0.25) is 0 Å². The second-order valence-corrected chi connectivity index (χ2v) is 7.20.